The van der Waals surface area contributed by atoms with Crippen LogP contribution in [-0.4, -0.2) is 51.7 Å². The highest BCUT2D eigenvalue weighted by Gasteiger charge is 2.42. The number of thioether (sulfide) groups is 1. The average Bonchev–Trinajstić information content (AvgIpc) is 3.20. The van der Waals surface area contributed by atoms with E-state index in [0.717, 1.165) is 27.9 Å². The van der Waals surface area contributed by atoms with Crippen LogP contribution in [0.1, 0.15) is 32.6 Å². The zero-order valence-corrected chi connectivity index (χ0v) is 18.2. The zero-order valence-electron chi connectivity index (χ0n) is 17.4. The first kappa shape index (κ1) is 20.5. The summed E-state index contributed by atoms with van der Waals surface area (Å²) in [6.45, 7) is 6.50. The monoisotopic (exact) mass is 423 g/mol. The summed E-state index contributed by atoms with van der Waals surface area (Å²) in [5, 5.41) is 3.00. The van der Waals surface area contributed by atoms with E-state index in [1.807, 2.05) is 45.0 Å². The normalized spacial score (nSPS) is 18.6. The molecular weight excluding hydrogens is 398 g/mol. The van der Waals surface area contributed by atoms with Crippen molar-refractivity contribution in [2.45, 2.75) is 33.4 Å². The lowest BCUT2D eigenvalue weighted by atomic mass is 10.0. The van der Waals surface area contributed by atoms with Crippen LogP contribution in [0.2, 0.25) is 0 Å². The molecule has 1 atom stereocenters. The summed E-state index contributed by atoms with van der Waals surface area (Å²) in [4.78, 5) is 40.9. The third-order valence-electron chi connectivity index (χ3n) is 5.63. The van der Waals surface area contributed by atoms with Crippen LogP contribution in [0.15, 0.2) is 36.4 Å². The van der Waals surface area contributed by atoms with Gasteiger partial charge in [0.15, 0.2) is 0 Å². The largest absolute Gasteiger partial charge is 0.327 e. The average molecular weight is 424 g/mol. The number of fused-ring (bicyclic) bond motifs is 1. The van der Waals surface area contributed by atoms with Gasteiger partial charge in [-0.2, -0.15) is 0 Å². The second-order valence-corrected chi connectivity index (χ2v) is 9.00. The number of nitrogens with zero attached hydrogens (tertiary/aromatic N) is 2. The minimum absolute atomic E-state index is 0.00411. The molecule has 3 amide bonds. The second kappa shape index (κ2) is 8.14. The Labute approximate surface area is 180 Å². The smallest absolute Gasteiger partial charge is 0.255 e. The molecule has 0 saturated carbocycles. The fourth-order valence-corrected chi connectivity index (χ4v) is 5.29. The van der Waals surface area contributed by atoms with Gasteiger partial charge in [-0.05, 0) is 49.6 Å². The fourth-order valence-electron chi connectivity index (χ4n) is 4.11. The Morgan fingerprint density at radius 2 is 1.77 bits per heavy atom. The van der Waals surface area contributed by atoms with Crippen molar-refractivity contribution in [1.82, 2.24) is 9.80 Å². The summed E-state index contributed by atoms with van der Waals surface area (Å²) in [7, 11) is 0. The third kappa shape index (κ3) is 3.94. The molecule has 2 heterocycles. The Balaban J connectivity index is 1.44. The van der Waals surface area contributed by atoms with E-state index < -0.39 is 0 Å². The standard InChI is InChI=1S/C23H25N3O3S/c1-14-8-15(2)21(16(3)9-14)24-22(28)18-6-4-17(5-7-18)10-25-11-20(27)26-13-30-12-19(26)23(25)29/h4-9,19H,10-13H2,1-3H3,(H,24,28). The van der Waals surface area contributed by atoms with Gasteiger partial charge in [0.25, 0.3) is 5.91 Å². The number of piperazine rings is 1. The van der Waals surface area contributed by atoms with Crippen LogP contribution < -0.4 is 5.32 Å². The SMILES string of the molecule is Cc1cc(C)c(NC(=O)c2ccc(CN3CC(=O)N4CSCC4C3=O)cc2)c(C)c1. The van der Waals surface area contributed by atoms with E-state index in [-0.39, 0.29) is 30.3 Å². The van der Waals surface area contributed by atoms with Gasteiger partial charge in [0, 0.05) is 23.5 Å². The van der Waals surface area contributed by atoms with Crippen LogP contribution in [0, 0.1) is 20.8 Å². The molecule has 156 valence electrons. The number of hydrogen-bond acceptors (Lipinski definition) is 4. The van der Waals surface area contributed by atoms with Gasteiger partial charge in [-0.3, -0.25) is 14.4 Å². The van der Waals surface area contributed by atoms with E-state index in [9.17, 15) is 14.4 Å². The first-order valence-corrected chi connectivity index (χ1v) is 11.1. The van der Waals surface area contributed by atoms with Gasteiger partial charge in [0.2, 0.25) is 11.8 Å². The summed E-state index contributed by atoms with van der Waals surface area (Å²) in [6, 6.07) is 11.0. The van der Waals surface area contributed by atoms with E-state index in [4.69, 9.17) is 0 Å². The summed E-state index contributed by atoms with van der Waals surface area (Å²) in [6.07, 6.45) is 0. The first-order chi connectivity index (χ1) is 14.3. The highest BCUT2D eigenvalue weighted by atomic mass is 32.2. The minimum atomic E-state index is -0.331. The van der Waals surface area contributed by atoms with Gasteiger partial charge in [-0.25, -0.2) is 0 Å². The predicted octanol–water partition coefficient (Wildman–Crippen LogP) is 3.11. The molecule has 2 aliphatic heterocycles. The van der Waals surface area contributed by atoms with Crippen molar-refractivity contribution in [1.29, 1.82) is 0 Å². The van der Waals surface area contributed by atoms with Gasteiger partial charge in [0.05, 0.1) is 5.88 Å². The zero-order chi connectivity index (χ0) is 21.4. The Hall–Kier alpha value is -2.80. The summed E-state index contributed by atoms with van der Waals surface area (Å²) in [5.74, 6) is 1.11. The molecule has 2 fully saturated rings. The van der Waals surface area contributed by atoms with E-state index in [1.54, 1.807) is 33.7 Å². The van der Waals surface area contributed by atoms with Crippen LogP contribution in [0.4, 0.5) is 5.69 Å². The van der Waals surface area contributed by atoms with Crippen molar-refractivity contribution in [3.05, 3.63) is 64.2 Å². The number of aryl methyl sites for hydroxylation is 3. The van der Waals surface area contributed by atoms with Crippen LogP contribution in [-0.2, 0) is 16.1 Å². The molecule has 0 radical (unpaired) electrons. The van der Waals surface area contributed by atoms with Gasteiger partial charge in [-0.1, -0.05) is 29.8 Å². The number of amides is 3. The summed E-state index contributed by atoms with van der Waals surface area (Å²) < 4.78 is 0. The van der Waals surface area contributed by atoms with Crippen LogP contribution in [0.5, 0.6) is 0 Å². The number of rotatable bonds is 4. The molecule has 1 unspecified atom stereocenters. The summed E-state index contributed by atoms with van der Waals surface area (Å²) in [5.41, 5.74) is 5.52. The maximum Gasteiger partial charge on any atom is 0.255 e. The van der Waals surface area contributed by atoms with E-state index >= 15 is 0 Å². The molecule has 0 bridgehead atoms. The Bertz CT molecular complexity index is 996. The highest BCUT2D eigenvalue weighted by molar-refractivity contribution is 7.99. The lowest BCUT2D eigenvalue weighted by Gasteiger charge is -2.35. The molecule has 30 heavy (non-hydrogen) atoms. The van der Waals surface area contributed by atoms with Crippen molar-refractivity contribution < 1.29 is 14.4 Å². The molecule has 4 rings (SSSR count). The number of carbonyl (C=O) groups is 3. The van der Waals surface area contributed by atoms with Crippen molar-refractivity contribution in [3.63, 3.8) is 0 Å². The molecule has 2 aromatic rings. The van der Waals surface area contributed by atoms with Gasteiger partial charge < -0.3 is 15.1 Å². The number of anilines is 1. The van der Waals surface area contributed by atoms with Crippen LogP contribution >= 0.6 is 11.8 Å². The first-order valence-electron chi connectivity index (χ1n) is 9.97. The van der Waals surface area contributed by atoms with Crippen molar-refractivity contribution in [2.75, 3.05) is 23.5 Å². The Morgan fingerprint density at radius 3 is 2.43 bits per heavy atom. The maximum absolute atomic E-state index is 12.7. The van der Waals surface area contributed by atoms with Crippen molar-refractivity contribution >= 4 is 35.2 Å². The molecule has 6 nitrogen and oxygen atoms in total. The molecule has 0 aliphatic carbocycles. The Morgan fingerprint density at radius 1 is 1.10 bits per heavy atom. The molecular formula is C23H25N3O3S. The van der Waals surface area contributed by atoms with Gasteiger partial charge in [-0.15, -0.1) is 11.8 Å². The lowest BCUT2D eigenvalue weighted by molar-refractivity contribution is -0.153. The minimum Gasteiger partial charge on any atom is -0.327 e. The van der Waals surface area contributed by atoms with E-state index in [0.29, 0.717) is 23.7 Å². The van der Waals surface area contributed by atoms with Crippen LogP contribution in [0.25, 0.3) is 0 Å². The van der Waals surface area contributed by atoms with Gasteiger partial charge in [0.1, 0.15) is 12.6 Å². The molecule has 2 aromatic carbocycles. The third-order valence-corrected chi connectivity index (χ3v) is 6.64. The van der Waals surface area contributed by atoms with Gasteiger partial charge >= 0.3 is 0 Å². The molecule has 1 N–H and O–H groups in total. The van der Waals surface area contributed by atoms with Crippen molar-refractivity contribution in [2.24, 2.45) is 0 Å². The maximum atomic E-state index is 12.7. The molecule has 2 saturated heterocycles. The number of benzene rings is 2. The fraction of sp³-hybridized carbons (Fsp3) is 0.348. The van der Waals surface area contributed by atoms with E-state index in [1.165, 1.54) is 0 Å². The highest BCUT2D eigenvalue weighted by Crippen LogP contribution is 2.27. The topological polar surface area (TPSA) is 69.7 Å². The number of carbonyl (C=O) groups excluding carboxylic acids is 3. The second-order valence-electron chi connectivity index (χ2n) is 8.00. The molecule has 0 aromatic heterocycles. The van der Waals surface area contributed by atoms with E-state index in [2.05, 4.69) is 5.32 Å². The number of nitrogens with one attached hydrogen (secondary N) is 1. The number of hydrogen-bond donors (Lipinski definition) is 1. The molecule has 0 spiro atoms. The molecule has 2 aliphatic rings. The van der Waals surface area contributed by atoms with Crippen molar-refractivity contribution in [3.8, 4) is 0 Å². The Kier molecular flexibility index (Phi) is 5.56. The summed E-state index contributed by atoms with van der Waals surface area (Å²) >= 11 is 1.62. The van der Waals surface area contributed by atoms with Crippen LogP contribution in [0.3, 0.4) is 0 Å². The quantitative estimate of drug-likeness (QED) is 0.820. The lowest BCUT2D eigenvalue weighted by Crippen LogP contribution is -2.57. The molecule has 7 heteroatoms. The predicted molar refractivity (Wildman–Crippen MR) is 118 cm³/mol.